The van der Waals surface area contributed by atoms with Crippen LogP contribution in [-0.4, -0.2) is 23.5 Å². The zero-order chi connectivity index (χ0) is 12.8. The Kier molecular flexibility index (Phi) is 4.84. The molecule has 1 N–H and O–H groups in total. The van der Waals surface area contributed by atoms with Crippen LogP contribution in [0.25, 0.3) is 0 Å². The number of nitrogens with zero attached hydrogens (tertiary/aromatic N) is 1. The summed E-state index contributed by atoms with van der Waals surface area (Å²) in [4.78, 5) is 4.21. The lowest BCUT2D eigenvalue weighted by Gasteiger charge is -2.36. The molecule has 18 heavy (non-hydrogen) atoms. The van der Waals surface area contributed by atoms with Gasteiger partial charge in [0.05, 0.1) is 7.11 Å². The van der Waals surface area contributed by atoms with Gasteiger partial charge in [-0.05, 0) is 18.9 Å². The van der Waals surface area contributed by atoms with Crippen LogP contribution in [-0.2, 0) is 6.54 Å². The molecule has 0 saturated heterocycles. The molecule has 1 aromatic rings. The SMILES string of the molecule is COc1ncccc1CNC1(CCl)CCCCC1. The number of nitrogens with one attached hydrogen (secondary N) is 1. The second-order valence-corrected chi connectivity index (χ2v) is 5.27. The summed E-state index contributed by atoms with van der Waals surface area (Å²) in [5.74, 6) is 1.38. The van der Waals surface area contributed by atoms with Gasteiger partial charge in [0.15, 0.2) is 0 Å². The zero-order valence-corrected chi connectivity index (χ0v) is 11.7. The molecule has 0 radical (unpaired) electrons. The van der Waals surface area contributed by atoms with E-state index >= 15 is 0 Å². The Morgan fingerprint density at radius 2 is 2.17 bits per heavy atom. The summed E-state index contributed by atoms with van der Waals surface area (Å²) < 4.78 is 5.27. The zero-order valence-electron chi connectivity index (χ0n) is 10.9. The van der Waals surface area contributed by atoms with Gasteiger partial charge >= 0.3 is 0 Å². The molecule has 0 amide bonds. The van der Waals surface area contributed by atoms with Gasteiger partial charge in [-0.1, -0.05) is 25.3 Å². The number of rotatable bonds is 5. The van der Waals surface area contributed by atoms with Crippen molar-refractivity contribution >= 4 is 11.6 Å². The Morgan fingerprint density at radius 3 is 2.83 bits per heavy atom. The van der Waals surface area contributed by atoms with Crippen molar-refractivity contribution in [3.05, 3.63) is 23.9 Å². The highest BCUT2D eigenvalue weighted by Crippen LogP contribution is 2.30. The molecule has 3 nitrogen and oxygen atoms in total. The third-order valence-corrected chi connectivity index (χ3v) is 4.28. The third kappa shape index (κ3) is 3.15. The maximum absolute atomic E-state index is 6.17. The van der Waals surface area contributed by atoms with Gasteiger partial charge in [0.25, 0.3) is 0 Å². The minimum absolute atomic E-state index is 0.0979. The fourth-order valence-corrected chi connectivity index (χ4v) is 2.97. The van der Waals surface area contributed by atoms with Crippen LogP contribution in [0.2, 0.25) is 0 Å². The van der Waals surface area contributed by atoms with E-state index in [-0.39, 0.29) is 5.54 Å². The first kappa shape index (κ1) is 13.6. The molecule has 2 rings (SSSR count). The second-order valence-electron chi connectivity index (χ2n) is 5.00. The van der Waals surface area contributed by atoms with Crippen LogP contribution in [0.5, 0.6) is 5.88 Å². The molecule has 100 valence electrons. The van der Waals surface area contributed by atoms with Gasteiger partial charge in [0.2, 0.25) is 5.88 Å². The van der Waals surface area contributed by atoms with Crippen LogP contribution in [0.15, 0.2) is 18.3 Å². The minimum Gasteiger partial charge on any atom is -0.481 e. The summed E-state index contributed by atoms with van der Waals surface area (Å²) in [6.07, 6.45) is 7.95. The Bertz CT molecular complexity index is 378. The molecule has 1 heterocycles. The topological polar surface area (TPSA) is 34.1 Å². The molecule has 0 aliphatic heterocycles. The Labute approximate surface area is 114 Å². The Morgan fingerprint density at radius 1 is 1.39 bits per heavy atom. The number of hydrogen-bond acceptors (Lipinski definition) is 3. The third-order valence-electron chi connectivity index (χ3n) is 3.76. The van der Waals surface area contributed by atoms with Crippen molar-refractivity contribution < 1.29 is 4.74 Å². The van der Waals surface area contributed by atoms with Gasteiger partial charge in [0.1, 0.15) is 0 Å². The van der Waals surface area contributed by atoms with E-state index < -0.39 is 0 Å². The molecular formula is C14H21ClN2O. The number of ether oxygens (including phenoxy) is 1. The standard InChI is InChI=1S/C14H21ClN2O/c1-18-13-12(6-5-9-16-13)10-17-14(11-15)7-3-2-4-8-14/h5-6,9,17H,2-4,7-8,10-11H2,1H3. The van der Waals surface area contributed by atoms with Gasteiger partial charge in [-0.15, -0.1) is 11.6 Å². The lowest BCUT2D eigenvalue weighted by atomic mass is 9.83. The van der Waals surface area contributed by atoms with Crippen LogP contribution in [0.4, 0.5) is 0 Å². The molecule has 0 aromatic carbocycles. The average Bonchev–Trinajstić information content (AvgIpc) is 2.46. The fraction of sp³-hybridized carbons (Fsp3) is 0.643. The molecule has 1 aliphatic carbocycles. The fourth-order valence-electron chi connectivity index (χ4n) is 2.61. The monoisotopic (exact) mass is 268 g/mol. The summed E-state index contributed by atoms with van der Waals surface area (Å²) in [5.41, 5.74) is 1.19. The second kappa shape index (κ2) is 6.39. The molecule has 4 heteroatoms. The summed E-state index contributed by atoms with van der Waals surface area (Å²) >= 11 is 6.17. The van der Waals surface area contributed by atoms with Crippen LogP contribution >= 0.6 is 11.6 Å². The molecule has 0 spiro atoms. The Hall–Kier alpha value is -0.800. The van der Waals surface area contributed by atoms with Crippen molar-refractivity contribution in [2.75, 3.05) is 13.0 Å². The van der Waals surface area contributed by atoms with E-state index in [4.69, 9.17) is 16.3 Å². The summed E-state index contributed by atoms with van der Waals surface area (Å²) in [5, 5.41) is 3.62. The number of pyridine rings is 1. The first-order valence-electron chi connectivity index (χ1n) is 6.58. The smallest absolute Gasteiger partial charge is 0.217 e. The van der Waals surface area contributed by atoms with Crippen molar-refractivity contribution in [1.29, 1.82) is 0 Å². The molecule has 1 aromatic heterocycles. The highest BCUT2D eigenvalue weighted by atomic mass is 35.5. The minimum atomic E-state index is 0.0979. The quantitative estimate of drug-likeness (QED) is 0.833. The summed E-state index contributed by atoms with van der Waals surface area (Å²) in [6.45, 7) is 0.768. The van der Waals surface area contributed by atoms with Crippen molar-refractivity contribution in [2.45, 2.75) is 44.2 Å². The van der Waals surface area contributed by atoms with Gasteiger partial charge in [0, 0.05) is 29.7 Å². The first-order chi connectivity index (χ1) is 8.79. The van der Waals surface area contributed by atoms with Crippen LogP contribution < -0.4 is 10.1 Å². The van der Waals surface area contributed by atoms with Crippen LogP contribution in [0.1, 0.15) is 37.7 Å². The normalized spacial score (nSPS) is 18.6. The molecular weight excluding hydrogens is 248 g/mol. The van der Waals surface area contributed by atoms with E-state index in [9.17, 15) is 0 Å². The van der Waals surface area contributed by atoms with Crippen LogP contribution in [0.3, 0.4) is 0 Å². The molecule has 0 atom stereocenters. The van der Waals surface area contributed by atoms with Crippen molar-refractivity contribution in [3.8, 4) is 5.88 Å². The van der Waals surface area contributed by atoms with Gasteiger partial charge in [-0.3, -0.25) is 0 Å². The largest absolute Gasteiger partial charge is 0.481 e. The van der Waals surface area contributed by atoms with E-state index in [0.717, 1.165) is 12.1 Å². The van der Waals surface area contributed by atoms with E-state index in [2.05, 4.69) is 10.3 Å². The first-order valence-corrected chi connectivity index (χ1v) is 7.12. The number of alkyl halides is 1. The number of methoxy groups -OCH3 is 1. The molecule has 1 saturated carbocycles. The van der Waals surface area contributed by atoms with E-state index in [0.29, 0.717) is 11.8 Å². The Balaban J connectivity index is 2.01. The summed E-state index contributed by atoms with van der Waals surface area (Å²) in [6, 6.07) is 3.98. The van der Waals surface area contributed by atoms with Crippen LogP contribution in [0, 0.1) is 0 Å². The highest BCUT2D eigenvalue weighted by Gasteiger charge is 2.30. The molecule has 1 aliphatic rings. The average molecular weight is 269 g/mol. The predicted molar refractivity (Wildman–Crippen MR) is 74.2 cm³/mol. The maximum Gasteiger partial charge on any atom is 0.217 e. The van der Waals surface area contributed by atoms with Crippen molar-refractivity contribution in [1.82, 2.24) is 10.3 Å². The number of halogens is 1. The van der Waals surface area contributed by atoms with Gasteiger partial charge in [-0.2, -0.15) is 0 Å². The van der Waals surface area contributed by atoms with Crippen molar-refractivity contribution in [3.63, 3.8) is 0 Å². The van der Waals surface area contributed by atoms with Gasteiger partial charge in [-0.25, -0.2) is 4.98 Å². The summed E-state index contributed by atoms with van der Waals surface area (Å²) in [7, 11) is 1.66. The van der Waals surface area contributed by atoms with E-state index in [1.807, 2.05) is 12.1 Å². The number of aromatic nitrogens is 1. The maximum atomic E-state index is 6.17. The lowest BCUT2D eigenvalue weighted by Crippen LogP contribution is -2.48. The number of hydrogen-bond donors (Lipinski definition) is 1. The van der Waals surface area contributed by atoms with E-state index in [1.54, 1.807) is 13.3 Å². The molecule has 0 unspecified atom stereocenters. The predicted octanol–water partition coefficient (Wildman–Crippen LogP) is 3.12. The van der Waals surface area contributed by atoms with E-state index in [1.165, 1.54) is 32.1 Å². The van der Waals surface area contributed by atoms with Gasteiger partial charge < -0.3 is 10.1 Å². The lowest BCUT2D eigenvalue weighted by molar-refractivity contribution is 0.254. The van der Waals surface area contributed by atoms with Crippen molar-refractivity contribution in [2.24, 2.45) is 0 Å². The molecule has 0 bridgehead atoms. The highest BCUT2D eigenvalue weighted by molar-refractivity contribution is 6.18. The molecule has 1 fully saturated rings.